The van der Waals surface area contributed by atoms with Gasteiger partial charge in [0, 0.05) is 43.5 Å². The monoisotopic (exact) mass is 499 g/mol. The number of hydrogen-bond acceptors (Lipinski definition) is 5. The minimum absolute atomic E-state index is 0.0515. The second-order valence-electron chi connectivity index (χ2n) is 8.85. The number of halogens is 2. The van der Waals surface area contributed by atoms with E-state index >= 15 is 4.39 Å². The van der Waals surface area contributed by atoms with E-state index in [9.17, 15) is 14.0 Å². The first-order chi connectivity index (χ1) is 18.4. The summed E-state index contributed by atoms with van der Waals surface area (Å²) in [5, 5.41) is 0.113. The maximum absolute atomic E-state index is 15.8. The van der Waals surface area contributed by atoms with Crippen LogP contribution in [-0.4, -0.2) is 58.3 Å². The molecule has 1 aromatic carbocycles. The van der Waals surface area contributed by atoms with Crippen LogP contribution >= 0.6 is 0 Å². The summed E-state index contributed by atoms with van der Waals surface area (Å²) in [7, 11) is 0.151. The van der Waals surface area contributed by atoms with Crippen LogP contribution in [0.15, 0.2) is 35.3 Å². The van der Waals surface area contributed by atoms with E-state index in [2.05, 4.69) is 4.98 Å². The van der Waals surface area contributed by atoms with Gasteiger partial charge < -0.3 is 18.9 Å². The van der Waals surface area contributed by atoms with Gasteiger partial charge in [-0.2, -0.15) is 0 Å². The first-order valence-electron chi connectivity index (χ1n) is 12.9. The van der Waals surface area contributed by atoms with Crippen LogP contribution in [-0.2, 0) is 7.05 Å². The lowest BCUT2D eigenvalue weighted by molar-refractivity contribution is 0.0668. The number of nitrogens with zero attached hydrogens (tertiary/aromatic N) is 4. The Labute approximate surface area is 209 Å². The molecule has 1 saturated heterocycles. The Kier molecular flexibility index (Phi) is 5.02. The summed E-state index contributed by atoms with van der Waals surface area (Å²) >= 11 is 0. The summed E-state index contributed by atoms with van der Waals surface area (Å²) in [5.41, 5.74) is 0.445. The SMILES string of the molecule is [2H]C([2H])([2H])Oc1cc2c(=O)n(-c3ccc4c(cc(C)n4C)c3F)cc(C(=O)N3CCC(F)CC3)c2nc1OC. The Morgan fingerprint density at radius 1 is 1.19 bits per heavy atom. The van der Waals surface area contributed by atoms with E-state index in [1.807, 2.05) is 11.5 Å². The molecule has 8 nitrogen and oxygen atoms in total. The number of rotatable bonds is 4. The number of aromatic nitrogens is 3. The van der Waals surface area contributed by atoms with Crippen LogP contribution in [0.25, 0.3) is 27.5 Å². The quantitative estimate of drug-likeness (QED) is 0.425. The van der Waals surface area contributed by atoms with Crippen LogP contribution in [0.3, 0.4) is 0 Å². The molecule has 0 radical (unpaired) electrons. The fourth-order valence-electron chi connectivity index (χ4n) is 4.68. The van der Waals surface area contributed by atoms with Gasteiger partial charge in [-0.1, -0.05) is 0 Å². The lowest BCUT2D eigenvalue weighted by Crippen LogP contribution is -2.39. The molecule has 4 aromatic rings. The summed E-state index contributed by atoms with van der Waals surface area (Å²) in [6.45, 7) is 2.13. The molecule has 0 bridgehead atoms. The zero-order valence-electron chi connectivity index (χ0n) is 23.0. The predicted molar refractivity (Wildman–Crippen MR) is 132 cm³/mol. The third-order valence-corrected chi connectivity index (χ3v) is 6.80. The number of likely N-dealkylation sites (tertiary alicyclic amines) is 1. The molecule has 188 valence electrons. The van der Waals surface area contributed by atoms with Crippen molar-refractivity contribution >= 4 is 27.7 Å². The smallest absolute Gasteiger partial charge is 0.264 e. The zero-order chi connectivity index (χ0) is 28.2. The van der Waals surface area contributed by atoms with E-state index in [1.165, 1.54) is 24.3 Å². The van der Waals surface area contributed by atoms with Gasteiger partial charge in [0.2, 0.25) is 0 Å². The van der Waals surface area contributed by atoms with Gasteiger partial charge in [-0.25, -0.2) is 13.8 Å². The molecule has 0 spiro atoms. The molecule has 36 heavy (non-hydrogen) atoms. The molecule has 0 saturated carbocycles. The first kappa shape index (κ1) is 20.3. The predicted octanol–water partition coefficient (Wildman–Crippen LogP) is 3.92. The molecule has 1 fully saturated rings. The van der Waals surface area contributed by atoms with Gasteiger partial charge >= 0.3 is 0 Å². The number of hydrogen-bond donors (Lipinski definition) is 0. The highest BCUT2D eigenvalue weighted by atomic mass is 19.1. The minimum Gasteiger partial charge on any atom is -0.491 e. The normalized spacial score (nSPS) is 16.1. The zero-order valence-corrected chi connectivity index (χ0v) is 20.0. The van der Waals surface area contributed by atoms with Crippen LogP contribution in [0.5, 0.6) is 11.6 Å². The van der Waals surface area contributed by atoms with E-state index in [-0.39, 0.29) is 65.1 Å². The third kappa shape index (κ3) is 3.68. The molecule has 10 heteroatoms. The van der Waals surface area contributed by atoms with Crippen molar-refractivity contribution in [2.24, 2.45) is 7.05 Å². The second kappa shape index (κ2) is 8.92. The minimum atomic E-state index is -2.88. The van der Waals surface area contributed by atoms with E-state index < -0.39 is 30.5 Å². The summed E-state index contributed by atoms with van der Waals surface area (Å²) < 4.78 is 65.0. The van der Waals surface area contributed by atoms with Gasteiger partial charge in [0.25, 0.3) is 17.3 Å². The molecular weight excluding hydrogens is 470 g/mol. The van der Waals surface area contributed by atoms with Gasteiger partial charge in [-0.15, -0.1) is 0 Å². The average Bonchev–Trinajstić information content (AvgIpc) is 3.18. The van der Waals surface area contributed by atoms with Gasteiger partial charge in [-0.05, 0) is 38.0 Å². The van der Waals surface area contributed by atoms with E-state index in [4.69, 9.17) is 13.6 Å². The third-order valence-electron chi connectivity index (χ3n) is 6.80. The number of piperidine rings is 1. The second-order valence-corrected chi connectivity index (χ2v) is 8.85. The Morgan fingerprint density at radius 2 is 1.94 bits per heavy atom. The molecule has 1 amide bonds. The first-order valence-corrected chi connectivity index (χ1v) is 11.4. The lowest BCUT2D eigenvalue weighted by atomic mass is 10.1. The average molecular weight is 500 g/mol. The number of carbonyl (C=O) groups excluding carboxylic acids is 1. The van der Waals surface area contributed by atoms with Crippen LogP contribution in [0.2, 0.25) is 0 Å². The summed E-state index contributed by atoms with van der Waals surface area (Å²) in [4.78, 5) is 33.1. The van der Waals surface area contributed by atoms with E-state index in [0.29, 0.717) is 5.52 Å². The van der Waals surface area contributed by atoms with Crippen LogP contribution < -0.4 is 15.0 Å². The number of carbonyl (C=O) groups is 1. The van der Waals surface area contributed by atoms with Crippen LogP contribution in [0.4, 0.5) is 8.78 Å². The van der Waals surface area contributed by atoms with Crippen molar-refractivity contribution in [3.05, 3.63) is 57.9 Å². The van der Waals surface area contributed by atoms with Gasteiger partial charge in [0.05, 0.1) is 45.9 Å². The van der Waals surface area contributed by atoms with E-state index in [1.54, 1.807) is 19.2 Å². The highest BCUT2D eigenvalue weighted by Crippen LogP contribution is 2.31. The van der Waals surface area contributed by atoms with Gasteiger partial charge in [0.1, 0.15) is 6.17 Å². The van der Waals surface area contributed by atoms with Crippen LogP contribution in [0, 0.1) is 12.7 Å². The van der Waals surface area contributed by atoms with Crippen molar-refractivity contribution in [2.45, 2.75) is 25.9 Å². The van der Waals surface area contributed by atoms with Crippen LogP contribution in [0.1, 0.15) is 33.0 Å². The number of pyridine rings is 2. The van der Waals surface area contributed by atoms with Crippen molar-refractivity contribution in [2.75, 3.05) is 27.2 Å². The van der Waals surface area contributed by atoms with Crippen molar-refractivity contribution in [3.8, 4) is 17.3 Å². The fourth-order valence-corrected chi connectivity index (χ4v) is 4.68. The largest absolute Gasteiger partial charge is 0.491 e. The number of fused-ring (bicyclic) bond motifs is 2. The molecule has 0 unspecified atom stereocenters. The fraction of sp³-hybridized carbons (Fsp3) is 0.346. The van der Waals surface area contributed by atoms with Crippen molar-refractivity contribution in [1.82, 2.24) is 19.0 Å². The number of amides is 1. The Hall–Kier alpha value is -3.95. The molecule has 0 atom stereocenters. The number of ether oxygens (including phenoxy) is 2. The van der Waals surface area contributed by atoms with Crippen molar-refractivity contribution < 1.29 is 27.2 Å². The van der Waals surface area contributed by atoms with Crippen molar-refractivity contribution in [1.29, 1.82) is 0 Å². The molecule has 0 aliphatic carbocycles. The highest BCUT2D eigenvalue weighted by molar-refractivity contribution is 6.05. The molecule has 4 heterocycles. The molecule has 3 aromatic heterocycles. The number of alkyl halides is 1. The Balaban J connectivity index is 1.79. The molecule has 1 aliphatic rings. The summed E-state index contributed by atoms with van der Waals surface area (Å²) in [5.74, 6) is -1.79. The lowest BCUT2D eigenvalue weighted by Gasteiger charge is -2.29. The van der Waals surface area contributed by atoms with Gasteiger partial charge in [0.15, 0.2) is 11.6 Å². The Bertz CT molecular complexity index is 1670. The van der Waals surface area contributed by atoms with E-state index in [0.717, 1.165) is 16.3 Å². The molecule has 5 rings (SSSR count). The molecule has 0 N–H and O–H groups in total. The molecule has 1 aliphatic heterocycles. The van der Waals surface area contributed by atoms with Gasteiger partial charge in [-0.3, -0.25) is 14.2 Å². The topological polar surface area (TPSA) is 78.6 Å². The maximum Gasteiger partial charge on any atom is 0.264 e. The van der Waals surface area contributed by atoms with Crippen molar-refractivity contribution in [3.63, 3.8) is 0 Å². The highest BCUT2D eigenvalue weighted by Gasteiger charge is 2.28. The standard InChI is InChI=1S/C26H26F2N4O4/c1-14-11-16-19(30(14)2)5-6-20(22(16)28)32-13-18(25(33)31-9-7-15(27)8-10-31)23-17(26(32)34)12-21(35-3)24(29-23)36-4/h5-6,11-13,15H,7-10H2,1-4H3/i3D3. The number of methoxy groups -OCH3 is 2. The number of benzene rings is 1. The molecular formula is C26H26F2N4O4. The summed E-state index contributed by atoms with van der Waals surface area (Å²) in [6.07, 6.45) is 0.517. The number of aryl methyl sites for hydroxylation is 2. The Morgan fingerprint density at radius 3 is 2.64 bits per heavy atom. The maximum atomic E-state index is 15.8. The summed E-state index contributed by atoms with van der Waals surface area (Å²) in [6, 6.07) is 5.88.